The van der Waals surface area contributed by atoms with Crippen molar-refractivity contribution in [1.82, 2.24) is 5.32 Å². The zero-order valence-electron chi connectivity index (χ0n) is 14.5. The van der Waals surface area contributed by atoms with Crippen LogP contribution in [0.4, 0.5) is 5.69 Å². The van der Waals surface area contributed by atoms with Gasteiger partial charge in [-0.15, -0.1) is 0 Å². The highest BCUT2D eigenvalue weighted by atomic mass is 16.5. The molecule has 0 aliphatic carbocycles. The van der Waals surface area contributed by atoms with Gasteiger partial charge in [-0.25, -0.2) is 0 Å². The minimum absolute atomic E-state index is 0.831. The largest absolute Gasteiger partial charge is 0.494 e. The second-order valence-electron chi connectivity index (χ2n) is 5.82. The van der Waals surface area contributed by atoms with Gasteiger partial charge in [0.1, 0.15) is 5.75 Å². The van der Waals surface area contributed by atoms with E-state index in [0.29, 0.717) is 0 Å². The quantitative estimate of drug-likeness (QED) is 0.483. The summed E-state index contributed by atoms with van der Waals surface area (Å²) < 4.78 is 5.77. The van der Waals surface area contributed by atoms with Gasteiger partial charge in [-0.05, 0) is 43.7 Å². The monoisotopic (exact) mass is 306 g/mol. The van der Waals surface area contributed by atoms with Crippen LogP contribution < -0.4 is 15.4 Å². The van der Waals surface area contributed by atoms with Crippen LogP contribution in [0.15, 0.2) is 24.3 Å². The molecule has 0 aliphatic rings. The molecule has 1 rings (SSSR count). The second-order valence-corrected chi connectivity index (χ2v) is 5.82. The lowest BCUT2D eigenvalue weighted by molar-refractivity contribution is 0.304. The Hall–Kier alpha value is -1.22. The van der Waals surface area contributed by atoms with Crippen LogP contribution >= 0.6 is 0 Å². The summed E-state index contributed by atoms with van der Waals surface area (Å²) in [6, 6.07) is 8.30. The van der Waals surface area contributed by atoms with Gasteiger partial charge in [0.05, 0.1) is 6.61 Å². The van der Waals surface area contributed by atoms with Crippen molar-refractivity contribution in [2.24, 2.45) is 0 Å². The summed E-state index contributed by atoms with van der Waals surface area (Å²) in [6.45, 7) is 8.38. The molecule has 0 heterocycles. The lowest BCUT2D eigenvalue weighted by Crippen LogP contribution is -2.23. The fourth-order valence-electron chi connectivity index (χ4n) is 2.29. The number of benzene rings is 1. The average Bonchev–Trinajstić information content (AvgIpc) is 2.55. The number of rotatable bonds is 14. The Morgan fingerprint density at radius 3 is 2.23 bits per heavy atom. The lowest BCUT2D eigenvalue weighted by atomic mass is 10.2. The number of unbranched alkanes of at least 4 members (excludes halogenated alkanes) is 5. The first-order valence-electron chi connectivity index (χ1n) is 9.04. The number of hydrogen-bond donors (Lipinski definition) is 2. The van der Waals surface area contributed by atoms with Crippen molar-refractivity contribution in [3.63, 3.8) is 0 Å². The van der Waals surface area contributed by atoms with E-state index in [-0.39, 0.29) is 0 Å². The van der Waals surface area contributed by atoms with Gasteiger partial charge in [0.2, 0.25) is 0 Å². The highest BCUT2D eigenvalue weighted by Crippen LogP contribution is 2.16. The Bertz CT molecular complexity index is 316. The maximum absolute atomic E-state index is 5.77. The maximum Gasteiger partial charge on any atom is 0.119 e. The number of ether oxygens (including phenoxy) is 1. The molecule has 0 spiro atoms. The van der Waals surface area contributed by atoms with Gasteiger partial charge in [-0.1, -0.05) is 46.0 Å². The van der Waals surface area contributed by atoms with Crippen molar-refractivity contribution in [2.45, 2.75) is 58.8 Å². The third-order valence-corrected chi connectivity index (χ3v) is 3.71. The van der Waals surface area contributed by atoms with Crippen LogP contribution in [0.3, 0.4) is 0 Å². The average molecular weight is 306 g/mol. The number of nitrogens with one attached hydrogen (secondary N) is 2. The fraction of sp³-hybridized carbons (Fsp3) is 0.684. The van der Waals surface area contributed by atoms with Crippen molar-refractivity contribution in [2.75, 3.05) is 31.6 Å². The van der Waals surface area contributed by atoms with E-state index in [9.17, 15) is 0 Å². The number of anilines is 1. The first kappa shape index (κ1) is 18.8. The molecule has 0 atom stereocenters. The predicted molar refractivity (Wildman–Crippen MR) is 97.0 cm³/mol. The lowest BCUT2D eigenvalue weighted by Gasteiger charge is -2.09. The van der Waals surface area contributed by atoms with Gasteiger partial charge < -0.3 is 15.4 Å². The Balaban J connectivity index is 2.07. The minimum Gasteiger partial charge on any atom is -0.494 e. The molecule has 0 aromatic heterocycles. The molecule has 2 N–H and O–H groups in total. The van der Waals surface area contributed by atoms with E-state index in [0.717, 1.165) is 44.1 Å². The highest BCUT2D eigenvalue weighted by molar-refractivity contribution is 5.46. The minimum atomic E-state index is 0.831. The maximum atomic E-state index is 5.77. The van der Waals surface area contributed by atoms with Gasteiger partial charge in [-0.3, -0.25) is 0 Å². The summed E-state index contributed by atoms with van der Waals surface area (Å²) in [7, 11) is 0. The molecule has 0 aliphatic heterocycles. The van der Waals surface area contributed by atoms with Crippen LogP contribution in [-0.2, 0) is 0 Å². The van der Waals surface area contributed by atoms with Gasteiger partial charge in [0.25, 0.3) is 0 Å². The molecule has 0 unspecified atom stereocenters. The van der Waals surface area contributed by atoms with Crippen LogP contribution in [0.2, 0.25) is 0 Å². The first-order chi connectivity index (χ1) is 10.9. The Morgan fingerprint density at radius 1 is 0.773 bits per heavy atom. The van der Waals surface area contributed by atoms with Crippen LogP contribution in [-0.4, -0.2) is 26.2 Å². The summed E-state index contributed by atoms with van der Waals surface area (Å²) in [5, 5.41) is 6.85. The van der Waals surface area contributed by atoms with Crippen LogP contribution in [0, 0.1) is 0 Å². The molecule has 0 saturated carbocycles. The zero-order chi connectivity index (χ0) is 15.9. The molecule has 3 heteroatoms. The van der Waals surface area contributed by atoms with Crippen LogP contribution in [0.1, 0.15) is 58.8 Å². The van der Waals surface area contributed by atoms with Crippen molar-refractivity contribution in [3.05, 3.63) is 24.3 Å². The molecular weight excluding hydrogens is 272 g/mol. The SMILES string of the molecule is CCCCCCCOc1ccc(NCCNCCCC)cc1. The van der Waals surface area contributed by atoms with Crippen molar-refractivity contribution in [3.8, 4) is 5.75 Å². The third kappa shape index (κ3) is 9.67. The summed E-state index contributed by atoms with van der Waals surface area (Å²) in [4.78, 5) is 0. The molecule has 0 radical (unpaired) electrons. The van der Waals surface area contributed by atoms with E-state index in [1.54, 1.807) is 0 Å². The Kier molecular flexibility index (Phi) is 11.5. The third-order valence-electron chi connectivity index (χ3n) is 3.71. The van der Waals surface area contributed by atoms with Gasteiger partial charge in [-0.2, -0.15) is 0 Å². The van der Waals surface area contributed by atoms with Crippen LogP contribution in [0.25, 0.3) is 0 Å². The van der Waals surface area contributed by atoms with E-state index in [4.69, 9.17) is 4.74 Å². The van der Waals surface area contributed by atoms with E-state index >= 15 is 0 Å². The van der Waals surface area contributed by atoms with E-state index < -0.39 is 0 Å². The van der Waals surface area contributed by atoms with Crippen molar-refractivity contribution < 1.29 is 4.74 Å². The van der Waals surface area contributed by atoms with E-state index in [1.165, 1.54) is 38.5 Å². The van der Waals surface area contributed by atoms with E-state index in [1.807, 2.05) is 0 Å². The molecule has 1 aromatic rings. The Morgan fingerprint density at radius 2 is 1.50 bits per heavy atom. The smallest absolute Gasteiger partial charge is 0.119 e. The van der Waals surface area contributed by atoms with Crippen molar-refractivity contribution >= 4 is 5.69 Å². The number of hydrogen-bond acceptors (Lipinski definition) is 3. The zero-order valence-corrected chi connectivity index (χ0v) is 14.5. The van der Waals surface area contributed by atoms with E-state index in [2.05, 4.69) is 48.7 Å². The highest BCUT2D eigenvalue weighted by Gasteiger charge is 1.96. The summed E-state index contributed by atoms with van der Waals surface area (Å²) in [5.41, 5.74) is 1.16. The standard InChI is InChI=1S/C19H34N2O/c1-3-5-7-8-9-17-22-19-12-10-18(11-13-19)21-16-15-20-14-6-4-2/h10-13,20-21H,3-9,14-17H2,1-2H3. The molecule has 1 aromatic carbocycles. The normalized spacial score (nSPS) is 10.6. The molecule has 0 saturated heterocycles. The summed E-state index contributed by atoms with van der Waals surface area (Å²) in [5.74, 6) is 0.974. The van der Waals surface area contributed by atoms with Gasteiger partial charge in [0.15, 0.2) is 0 Å². The van der Waals surface area contributed by atoms with Crippen LogP contribution in [0.5, 0.6) is 5.75 Å². The van der Waals surface area contributed by atoms with Gasteiger partial charge in [0, 0.05) is 18.8 Å². The summed E-state index contributed by atoms with van der Waals surface area (Å²) in [6.07, 6.45) is 8.90. The molecule has 3 nitrogen and oxygen atoms in total. The predicted octanol–water partition coefficient (Wildman–Crippen LogP) is 4.84. The summed E-state index contributed by atoms with van der Waals surface area (Å²) >= 11 is 0. The molecule has 22 heavy (non-hydrogen) atoms. The molecule has 126 valence electrons. The molecular formula is C19H34N2O. The first-order valence-corrected chi connectivity index (χ1v) is 9.04. The molecule has 0 bridgehead atoms. The second kappa shape index (κ2) is 13.4. The Labute approximate surface area is 136 Å². The molecule has 0 amide bonds. The van der Waals surface area contributed by atoms with Crippen molar-refractivity contribution in [1.29, 1.82) is 0 Å². The van der Waals surface area contributed by atoms with Gasteiger partial charge >= 0.3 is 0 Å². The topological polar surface area (TPSA) is 33.3 Å². The fourth-order valence-corrected chi connectivity index (χ4v) is 2.29. The molecule has 0 fully saturated rings.